The van der Waals surface area contributed by atoms with Crippen LogP contribution < -0.4 is 0 Å². The van der Waals surface area contributed by atoms with Gasteiger partial charge in [-0.15, -0.1) is 15.3 Å². The number of nitrogens with zero attached hydrogens (tertiary/aromatic N) is 5. The van der Waals surface area contributed by atoms with Crippen LogP contribution in [-0.2, 0) is 6.42 Å². The Labute approximate surface area is 134 Å². The topological polar surface area (TPSA) is 69.1 Å². The van der Waals surface area contributed by atoms with Crippen molar-refractivity contribution in [3.63, 3.8) is 0 Å². The summed E-state index contributed by atoms with van der Waals surface area (Å²) in [5, 5.41) is 18.2. The van der Waals surface area contributed by atoms with Crippen molar-refractivity contribution in [1.29, 1.82) is 0 Å². The third-order valence-electron chi connectivity index (χ3n) is 3.17. The summed E-state index contributed by atoms with van der Waals surface area (Å²) in [4.78, 5) is 0.730. The van der Waals surface area contributed by atoms with Gasteiger partial charge in [0.15, 0.2) is 16.6 Å². The molecule has 4 rings (SSSR count). The molecule has 1 aromatic carbocycles. The first-order chi connectivity index (χ1) is 10.7. The van der Waals surface area contributed by atoms with Gasteiger partial charge in [0, 0.05) is 17.5 Å². The minimum absolute atomic E-state index is 0.636. The first-order valence-electron chi connectivity index (χ1n) is 6.58. The van der Waals surface area contributed by atoms with E-state index in [2.05, 4.69) is 20.5 Å². The molecule has 0 atom stereocenters. The normalized spacial score (nSPS) is 11.4. The molecule has 110 valence electrons. The Hall–Kier alpha value is -2.25. The molecule has 0 aliphatic heterocycles. The van der Waals surface area contributed by atoms with Crippen LogP contribution in [0.4, 0.5) is 0 Å². The Balaban J connectivity index is 1.70. The van der Waals surface area contributed by atoms with Crippen LogP contribution in [0.25, 0.3) is 15.7 Å². The van der Waals surface area contributed by atoms with E-state index in [1.165, 1.54) is 11.3 Å². The summed E-state index contributed by atoms with van der Waals surface area (Å²) in [6, 6.07) is 9.51. The molecule has 0 radical (unpaired) electrons. The van der Waals surface area contributed by atoms with Gasteiger partial charge < -0.3 is 4.52 Å². The van der Waals surface area contributed by atoms with Crippen LogP contribution in [-0.4, -0.2) is 25.0 Å². The number of hydrogen-bond donors (Lipinski definition) is 0. The number of benzene rings is 1. The van der Waals surface area contributed by atoms with Gasteiger partial charge in [-0.25, -0.2) is 0 Å². The molecule has 0 aliphatic carbocycles. The average molecular weight is 332 g/mol. The maximum atomic E-state index is 5.90. The van der Waals surface area contributed by atoms with Gasteiger partial charge in [0.25, 0.3) is 0 Å². The van der Waals surface area contributed by atoms with E-state index in [4.69, 9.17) is 16.1 Å². The molecular weight excluding hydrogens is 322 g/mol. The molecule has 0 spiro atoms. The zero-order chi connectivity index (χ0) is 15.1. The van der Waals surface area contributed by atoms with Crippen LogP contribution in [0.3, 0.4) is 0 Å². The Morgan fingerprint density at radius 2 is 2.05 bits per heavy atom. The number of aryl methyl sites for hydroxylation is 1. The molecule has 0 aliphatic rings. The van der Waals surface area contributed by atoms with Crippen LogP contribution in [0, 0.1) is 6.92 Å². The third kappa shape index (κ3) is 2.38. The highest BCUT2D eigenvalue weighted by atomic mass is 35.5. The maximum Gasteiger partial charge on any atom is 0.235 e. The molecular formula is C14H10ClN5OS. The summed E-state index contributed by atoms with van der Waals surface area (Å²) < 4.78 is 6.98. The summed E-state index contributed by atoms with van der Waals surface area (Å²) in [5.74, 6) is 1.42. The molecule has 0 saturated heterocycles. The first kappa shape index (κ1) is 13.4. The smallest absolute Gasteiger partial charge is 0.235 e. The van der Waals surface area contributed by atoms with E-state index in [1.54, 1.807) is 4.52 Å². The fourth-order valence-electron chi connectivity index (χ4n) is 2.12. The van der Waals surface area contributed by atoms with Gasteiger partial charge in [0.2, 0.25) is 4.96 Å². The third-order valence-corrected chi connectivity index (χ3v) is 4.34. The second-order valence-electron chi connectivity index (χ2n) is 4.85. The number of hydrogen-bond acceptors (Lipinski definition) is 6. The van der Waals surface area contributed by atoms with Crippen molar-refractivity contribution in [2.45, 2.75) is 13.3 Å². The van der Waals surface area contributed by atoms with E-state index in [0.29, 0.717) is 17.2 Å². The number of fused-ring (bicyclic) bond motifs is 1. The Morgan fingerprint density at radius 3 is 2.77 bits per heavy atom. The molecule has 0 amide bonds. The molecule has 8 heteroatoms. The maximum absolute atomic E-state index is 5.90. The summed E-state index contributed by atoms with van der Waals surface area (Å²) >= 11 is 7.32. The lowest BCUT2D eigenvalue weighted by Gasteiger charge is -1.98. The standard InChI is InChI=1S/C14H10ClN5OS/c1-8-6-11(21-19-8)13-18-20-12(16-17-14(20)22-13)7-9-2-4-10(15)5-3-9/h2-6H,7H2,1H3. The van der Waals surface area contributed by atoms with E-state index in [9.17, 15) is 0 Å². The van der Waals surface area contributed by atoms with Gasteiger partial charge in [0.1, 0.15) is 0 Å². The fourth-order valence-corrected chi connectivity index (χ4v) is 3.05. The van der Waals surface area contributed by atoms with Crippen molar-refractivity contribution in [3.8, 4) is 10.8 Å². The number of halogens is 1. The van der Waals surface area contributed by atoms with Crippen LogP contribution in [0.2, 0.25) is 5.02 Å². The molecule has 4 aromatic rings. The van der Waals surface area contributed by atoms with Gasteiger partial charge in [-0.2, -0.15) is 4.52 Å². The van der Waals surface area contributed by atoms with Crippen LogP contribution >= 0.6 is 22.9 Å². The average Bonchev–Trinajstić information content (AvgIpc) is 3.18. The zero-order valence-electron chi connectivity index (χ0n) is 11.5. The second-order valence-corrected chi connectivity index (χ2v) is 6.25. The Kier molecular flexibility index (Phi) is 3.16. The molecule has 22 heavy (non-hydrogen) atoms. The highest BCUT2D eigenvalue weighted by Crippen LogP contribution is 2.26. The summed E-state index contributed by atoms with van der Waals surface area (Å²) in [5.41, 5.74) is 1.92. The Bertz CT molecular complexity index is 940. The van der Waals surface area contributed by atoms with E-state index in [-0.39, 0.29) is 0 Å². The van der Waals surface area contributed by atoms with Gasteiger partial charge in [-0.3, -0.25) is 0 Å². The molecule has 0 N–H and O–H groups in total. The van der Waals surface area contributed by atoms with Crippen LogP contribution in [0.5, 0.6) is 0 Å². The molecule has 0 unspecified atom stereocenters. The van der Waals surface area contributed by atoms with Gasteiger partial charge >= 0.3 is 0 Å². The first-order valence-corrected chi connectivity index (χ1v) is 7.78. The molecule has 0 bridgehead atoms. The second kappa shape index (κ2) is 5.19. The molecule has 3 heterocycles. The van der Waals surface area contributed by atoms with E-state index in [1.807, 2.05) is 37.3 Å². The predicted octanol–water partition coefficient (Wildman–Crippen LogP) is 3.39. The lowest BCUT2D eigenvalue weighted by atomic mass is 10.1. The molecule has 0 saturated carbocycles. The van der Waals surface area contributed by atoms with Crippen molar-refractivity contribution < 1.29 is 4.52 Å². The monoisotopic (exact) mass is 331 g/mol. The Morgan fingerprint density at radius 1 is 1.23 bits per heavy atom. The fraction of sp³-hybridized carbons (Fsp3) is 0.143. The van der Waals surface area contributed by atoms with Crippen LogP contribution in [0.1, 0.15) is 17.1 Å². The zero-order valence-corrected chi connectivity index (χ0v) is 13.1. The van der Waals surface area contributed by atoms with Crippen LogP contribution in [0.15, 0.2) is 34.9 Å². The molecule has 3 aromatic heterocycles. The summed E-state index contributed by atoms with van der Waals surface area (Å²) in [7, 11) is 0. The highest BCUT2D eigenvalue weighted by molar-refractivity contribution is 7.19. The van der Waals surface area contributed by atoms with Crippen molar-refractivity contribution in [1.82, 2.24) is 25.0 Å². The lowest BCUT2D eigenvalue weighted by Crippen LogP contribution is -1.97. The number of aromatic nitrogens is 5. The predicted molar refractivity (Wildman–Crippen MR) is 83.2 cm³/mol. The summed E-state index contributed by atoms with van der Waals surface area (Å²) in [6.07, 6.45) is 0.636. The van der Waals surface area contributed by atoms with E-state index in [0.717, 1.165) is 27.1 Å². The molecule has 6 nitrogen and oxygen atoms in total. The van der Waals surface area contributed by atoms with Crippen molar-refractivity contribution >= 4 is 27.9 Å². The highest BCUT2D eigenvalue weighted by Gasteiger charge is 2.16. The van der Waals surface area contributed by atoms with E-state index < -0.39 is 0 Å². The molecule has 0 fully saturated rings. The van der Waals surface area contributed by atoms with Gasteiger partial charge in [0.05, 0.1) is 5.69 Å². The number of rotatable bonds is 3. The minimum Gasteiger partial charge on any atom is -0.353 e. The van der Waals surface area contributed by atoms with Gasteiger partial charge in [-0.05, 0) is 24.6 Å². The van der Waals surface area contributed by atoms with Gasteiger partial charge in [-0.1, -0.05) is 40.2 Å². The lowest BCUT2D eigenvalue weighted by molar-refractivity contribution is 0.426. The quantitative estimate of drug-likeness (QED) is 0.575. The largest absolute Gasteiger partial charge is 0.353 e. The minimum atomic E-state index is 0.636. The van der Waals surface area contributed by atoms with Crippen molar-refractivity contribution in [2.75, 3.05) is 0 Å². The SMILES string of the molecule is Cc1cc(-c2nn3c(Cc4ccc(Cl)cc4)nnc3s2)on1. The van der Waals surface area contributed by atoms with Crippen molar-refractivity contribution in [2.24, 2.45) is 0 Å². The summed E-state index contributed by atoms with van der Waals surface area (Å²) in [6.45, 7) is 1.87. The van der Waals surface area contributed by atoms with E-state index >= 15 is 0 Å². The van der Waals surface area contributed by atoms with Crippen molar-refractivity contribution in [3.05, 3.63) is 52.4 Å².